The number of hydrogen-bond acceptors (Lipinski definition) is 6. The standard InChI is InChI=1S/C15H14ClN3O5S/c1-25(23,24)14-8-12(19(21)22)6-7-13(14)17-9-15(20)18-11-4-2-10(16)3-5-11/h2-8,17H,9H2,1H3,(H,18,20). The minimum atomic E-state index is -3.71. The average molecular weight is 384 g/mol. The van der Waals surface area contributed by atoms with Gasteiger partial charge in [0.05, 0.1) is 22.1 Å². The maximum Gasteiger partial charge on any atom is 0.270 e. The van der Waals surface area contributed by atoms with Gasteiger partial charge in [0.2, 0.25) is 5.91 Å². The van der Waals surface area contributed by atoms with Crippen molar-refractivity contribution in [3.8, 4) is 0 Å². The topological polar surface area (TPSA) is 118 Å². The molecule has 0 aliphatic rings. The molecule has 0 aromatic heterocycles. The zero-order chi connectivity index (χ0) is 18.6. The first kappa shape index (κ1) is 18.7. The first-order valence-corrected chi connectivity index (χ1v) is 9.21. The Labute approximate surface area is 148 Å². The molecule has 2 aromatic carbocycles. The molecule has 10 heteroatoms. The molecular formula is C15H14ClN3O5S. The third-order valence-corrected chi connectivity index (χ3v) is 4.53. The van der Waals surface area contributed by atoms with E-state index in [1.165, 1.54) is 6.07 Å². The van der Waals surface area contributed by atoms with Gasteiger partial charge in [-0.1, -0.05) is 11.6 Å². The maximum atomic E-state index is 11.9. The highest BCUT2D eigenvalue weighted by atomic mass is 35.5. The molecule has 0 unspecified atom stereocenters. The van der Waals surface area contributed by atoms with Crippen LogP contribution in [0.5, 0.6) is 0 Å². The summed E-state index contributed by atoms with van der Waals surface area (Å²) < 4.78 is 23.6. The molecule has 0 saturated heterocycles. The summed E-state index contributed by atoms with van der Waals surface area (Å²) in [6.07, 6.45) is 0.936. The van der Waals surface area contributed by atoms with E-state index in [1.807, 2.05) is 0 Å². The first-order chi connectivity index (χ1) is 11.7. The SMILES string of the molecule is CS(=O)(=O)c1cc([N+](=O)[O-])ccc1NCC(=O)Nc1ccc(Cl)cc1. The number of nitrogens with zero attached hydrogens (tertiary/aromatic N) is 1. The minimum absolute atomic E-state index is 0.111. The van der Waals surface area contributed by atoms with Gasteiger partial charge >= 0.3 is 0 Å². The molecule has 0 atom stereocenters. The Hall–Kier alpha value is -2.65. The highest BCUT2D eigenvalue weighted by molar-refractivity contribution is 7.90. The van der Waals surface area contributed by atoms with Crippen LogP contribution < -0.4 is 10.6 Å². The van der Waals surface area contributed by atoms with E-state index in [9.17, 15) is 23.3 Å². The van der Waals surface area contributed by atoms with Crippen molar-refractivity contribution in [1.29, 1.82) is 0 Å². The lowest BCUT2D eigenvalue weighted by molar-refractivity contribution is -0.385. The lowest BCUT2D eigenvalue weighted by Gasteiger charge is -2.11. The Morgan fingerprint density at radius 3 is 2.40 bits per heavy atom. The summed E-state index contributed by atoms with van der Waals surface area (Å²) in [7, 11) is -3.71. The Kier molecular flexibility index (Phi) is 5.60. The fraction of sp³-hybridized carbons (Fsp3) is 0.133. The van der Waals surface area contributed by atoms with Gasteiger partial charge in [-0.15, -0.1) is 0 Å². The van der Waals surface area contributed by atoms with Crippen molar-refractivity contribution in [2.75, 3.05) is 23.4 Å². The van der Waals surface area contributed by atoms with Gasteiger partial charge in [0, 0.05) is 29.1 Å². The maximum absolute atomic E-state index is 11.9. The van der Waals surface area contributed by atoms with Crippen molar-refractivity contribution in [3.63, 3.8) is 0 Å². The molecule has 0 aliphatic heterocycles. The molecule has 0 radical (unpaired) electrons. The predicted molar refractivity (Wildman–Crippen MR) is 94.8 cm³/mol. The van der Waals surface area contributed by atoms with E-state index in [4.69, 9.17) is 11.6 Å². The smallest absolute Gasteiger partial charge is 0.270 e. The third-order valence-electron chi connectivity index (χ3n) is 3.14. The van der Waals surface area contributed by atoms with Crippen LogP contribution in [0.4, 0.5) is 17.1 Å². The van der Waals surface area contributed by atoms with Crippen LogP contribution in [0.25, 0.3) is 0 Å². The van der Waals surface area contributed by atoms with Gasteiger partial charge in [-0.2, -0.15) is 0 Å². The highest BCUT2D eigenvalue weighted by Gasteiger charge is 2.18. The molecule has 0 bridgehead atoms. The number of rotatable bonds is 6. The number of anilines is 2. The molecule has 0 spiro atoms. The summed E-state index contributed by atoms with van der Waals surface area (Å²) >= 11 is 5.75. The Morgan fingerprint density at radius 1 is 1.20 bits per heavy atom. The van der Waals surface area contributed by atoms with Crippen molar-refractivity contribution >= 4 is 44.4 Å². The van der Waals surface area contributed by atoms with Crippen LogP contribution in [0, 0.1) is 10.1 Å². The molecular weight excluding hydrogens is 370 g/mol. The number of halogens is 1. The number of nitrogens with one attached hydrogen (secondary N) is 2. The van der Waals surface area contributed by atoms with Crippen molar-refractivity contribution in [1.82, 2.24) is 0 Å². The summed E-state index contributed by atoms with van der Waals surface area (Å²) in [5.74, 6) is -0.417. The summed E-state index contributed by atoms with van der Waals surface area (Å²) in [6, 6.07) is 9.83. The van der Waals surface area contributed by atoms with Crippen LogP contribution in [-0.2, 0) is 14.6 Å². The van der Waals surface area contributed by atoms with Crippen molar-refractivity contribution < 1.29 is 18.1 Å². The summed E-state index contributed by atoms with van der Waals surface area (Å²) in [5, 5.41) is 16.6. The van der Waals surface area contributed by atoms with Crippen LogP contribution in [0.2, 0.25) is 5.02 Å². The molecule has 2 aromatic rings. The van der Waals surface area contributed by atoms with Crippen LogP contribution >= 0.6 is 11.6 Å². The lowest BCUT2D eigenvalue weighted by atomic mass is 10.2. The fourth-order valence-electron chi connectivity index (χ4n) is 1.99. The summed E-state index contributed by atoms with van der Waals surface area (Å²) in [4.78, 5) is 21.8. The minimum Gasteiger partial charge on any atom is -0.375 e. The molecule has 25 heavy (non-hydrogen) atoms. The van der Waals surface area contributed by atoms with E-state index in [-0.39, 0.29) is 22.8 Å². The van der Waals surface area contributed by atoms with Crippen molar-refractivity contribution in [2.45, 2.75) is 4.90 Å². The van der Waals surface area contributed by atoms with Crippen molar-refractivity contribution in [3.05, 3.63) is 57.6 Å². The number of amides is 1. The molecule has 0 saturated carbocycles. The monoisotopic (exact) mass is 383 g/mol. The van der Waals surface area contributed by atoms with Gasteiger partial charge in [0.25, 0.3) is 5.69 Å². The van der Waals surface area contributed by atoms with Crippen LogP contribution in [0.1, 0.15) is 0 Å². The number of benzene rings is 2. The molecule has 2 N–H and O–H groups in total. The van der Waals surface area contributed by atoms with Crippen LogP contribution in [-0.4, -0.2) is 32.0 Å². The zero-order valence-electron chi connectivity index (χ0n) is 13.0. The summed E-state index contributed by atoms with van der Waals surface area (Å²) in [6.45, 7) is -0.219. The Morgan fingerprint density at radius 2 is 1.84 bits per heavy atom. The molecule has 0 fully saturated rings. The quantitative estimate of drug-likeness (QED) is 0.584. The van der Waals surface area contributed by atoms with E-state index >= 15 is 0 Å². The van der Waals surface area contributed by atoms with E-state index < -0.39 is 20.7 Å². The molecule has 0 heterocycles. The largest absolute Gasteiger partial charge is 0.375 e. The third kappa shape index (κ3) is 5.16. The van der Waals surface area contributed by atoms with E-state index in [2.05, 4.69) is 10.6 Å². The van der Waals surface area contributed by atoms with Gasteiger partial charge in [-0.25, -0.2) is 8.42 Å². The number of nitro benzene ring substituents is 1. The van der Waals surface area contributed by atoms with E-state index in [0.29, 0.717) is 10.7 Å². The normalized spacial score (nSPS) is 11.0. The van der Waals surface area contributed by atoms with Crippen LogP contribution in [0.3, 0.4) is 0 Å². The van der Waals surface area contributed by atoms with Gasteiger partial charge in [0.15, 0.2) is 9.84 Å². The average Bonchev–Trinajstić information content (AvgIpc) is 2.54. The zero-order valence-corrected chi connectivity index (χ0v) is 14.6. The number of nitro groups is 1. The van der Waals surface area contributed by atoms with Gasteiger partial charge in [-0.3, -0.25) is 14.9 Å². The number of sulfone groups is 1. The lowest BCUT2D eigenvalue weighted by Crippen LogP contribution is -2.22. The van der Waals surface area contributed by atoms with Crippen molar-refractivity contribution in [2.24, 2.45) is 0 Å². The second-order valence-electron chi connectivity index (χ2n) is 5.12. The fourth-order valence-corrected chi connectivity index (χ4v) is 2.99. The molecule has 132 valence electrons. The van der Waals surface area contributed by atoms with Gasteiger partial charge < -0.3 is 10.6 Å². The second kappa shape index (κ2) is 7.49. The van der Waals surface area contributed by atoms with E-state index in [1.54, 1.807) is 24.3 Å². The predicted octanol–water partition coefficient (Wildman–Crippen LogP) is 2.70. The van der Waals surface area contributed by atoms with Gasteiger partial charge in [0.1, 0.15) is 0 Å². The first-order valence-electron chi connectivity index (χ1n) is 6.94. The number of hydrogen-bond donors (Lipinski definition) is 2. The molecule has 2 rings (SSSR count). The second-order valence-corrected chi connectivity index (χ2v) is 7.54. The van der Waals surface area contributed by atoms with E-state index in [0.717, 1.165) is 18.4 Å². The Bertz CT molecular complexity index is 913. The number of non-ortho nitro benzene ring substituents is 1. The van der Waals surface area contributed by atoms with Crippen LogP contribution in [0.15, 0.2) is 47.4 Å². The summed E-state index contributed by atoms with van der Waals surface area (Å²) in [5.41, 5.74) is 0.291. The number of carbonyl (C=O) groups is 1. The van der Waals surface area contributed by atoms with Gasteiger partial charge in [-0.05, 0) is 30.3 Å². The molecule has 0 aliphatic carbocycles. The Balaban J connectivity index is 2.13. The highest BCUT2D eigenvalue weighted by Crippen LogP contribution is 2.26. The molecule has 8 nitrogen and oxygen atoms in total. The molecule has 1 amide bonds. The number of carbonyl (C=O) groups excluding carboxylic acids is 1.